The van der Waals surface area contributed by atoms with Crippen LogP contribution in [0.25, 0.3) is 0 Å². The summed E-state index contributed by atoms with van der Waals surface area (Å²) in [5.41, 5.74) is 7.35. The zero-order valence-electron chi connectivity index (χ0n) is 9.77. The molecular weight excluding hydrogens is 222 g/mol. The number of oxime groups is 1. The fraction of sp³-hybridized carbons (Fsp3) is 0.455. The van der Waals surface area contributed by atoms with E-state index in [0.717, 1.165) is 21.9 Å². The molecule has 0 aromatic carbocycles. The van der Waals surface area contributed by atoms with E-state index in [9.17, 15) is 0 Å². The van der Waals surface area contributed by atoms with Crippen LogP contribution in [-0.4, -0.2) is 21.8 Å². The summed E-state index contributed by atoms with van der Waals surface area (Å²) in [5.74, 6) is 1.66. The molecule has 88 valence electrons. The Morgan fingerprint density at radius 3 is 2.88 bits per heavy atom. The molecule has 3 N–H and O–H groups in total. The highest BCUT2D eigenvalue weighted by Crippen LogP contribution is 2.24. The molecule has 1 aromatic rings. The molecule has 0 fully saturated rings. The summed E-state index contributed by atoms with van der Waals surface area (Å²) in [6.07, 6.45) is 1.74. The molecule has 0 unspecified atom stereocenters. The Hall–Kier alpha value is -1.23. The van der Waals surface area contributed by atoms with Crippen LogP contribution in [0.3, 0.4) is 0 Å². The third-order valence-electron chi connectivity index (χ3n) is 2.04. The smallest absolute Gasteiger partial charge is 0.173 e. The topological polar surface area (TPSA) is 71.5 Å². The van der Waals surface area contributed by atoms with E-state index in [1.165, 1.54) is 0 Å². The third-order valence-corrected chi connectivity index (χ3v) is 3.46. The van der Waals surface area contributed by atoms with Crippen molar-refractivity contribution < 1.29 is 5.21 Å². The van der Waals surface area contributed by atoms with Crippen LogP contribution < -0.4 is 5.73 Å². The van der Waals surface area contributed by atoms with Crippen molar-refractivity contribution in [1.29, 1.82) is 0 Å². The maximum atomic E-state index is 8.74. The van der Waals surface area contributed by atoms with E-state index in [2.05, 4.69) is 24.0 Å². The minimum atomic E-state index is 0.122. The number of aromatic nitrogens is 1. The number of amidine groups is 1. The number of nitrogens with zero attached hydrogens (tertiary/aromatic N) is 2. The predicted molar refractivity (Wildman–Crippen MR) is 67.0 cm³/mol. The van der Waals surface area contributed by atoms with Crippen LogP contribution in [0.5, 0.6) is 0 Å². The average Bonchev–Trinajstić information content (AvgIpc) is 2.25. The van der Waals surface area contributed by atoms with Crippen LogP contribution in [0.4, 0.5) is 0 Å². The molecule has 0 spiro atoms. The monoisotopic (exact) mass is 239 g/mol. The molecule has 1 rings (SSSR count). The third kappa shape index (κ3) is 3.13. The number of aryl methyl sites for hydroxylation is 1. The number of rotatable bonds is 4. The van der Waals surface area contributed by atoms with Gasteiger partial charge in [-0.15, -0.1) is 11.8 Å². The lowest BCUT2D eigenvalue weighted by Gasteiger charge is -2.10. The molecule has 0 aliphatic carbocycles. The van der Waals surface area contributed by atoms with Gasteiger partial charge in [-0.1, -0.05) is 19.0 Å². The summed E-state index contributed by atoms with van der Waals surface area (Å²) in [4.78, 5) is 4.27. The molecule has 0 amide bonds. The second kappa shape index (κ2) is 5.75. The summed E-state index contributed by atoms with van der Waals surface area (Å²) in [7, 11) is 0. The first-order valence-electron chi connectivity index (χ1n) is 5.12. The second-order valence-corrected chi connectivity index (χ2v) is 5.01. The molecule has 5 heteroatoms. The average molecular weight is 239 g/mol. The van der Waals surface area contributed by atoms with Gasteiger partial charge in [0, 0.05) is 11.9 Å². The number of thioether (sulfide) groups is 1. The second-order valence-electron chi connectivity index (χ2n) is 4.00. The van der Waals surface area contributed by atoms with Gasteiger partial charge in [0.05, 0.1) is 5.56 Å². The fourth-order valence-electron chi connectivity index (χ4n) is 1.25. The Morgan fingerprint density at radius 2 is 2.31 bits per heavy atom. The van der Waals surface area contributed by atoms with Gasteiger partial charge >= 0.3 is 0 Å². The molecule has 1 aromatic heterocycles. The molecule has 0 saturated carbocycles. The minimum Gasteiger partial charge on any atom is -0.409 e. The highest BCUT2D eigenvalue weighted by molar-refractivity contribution is 7.99. The molecule has 16 heavy (non-hydrogen) atoms. The Labute approximate surface area is 99.9 Å². The van der Waals surface area contributed by atoms with Crippen LogP contribution in [0.2, 0.25) is 0 Å². The number of hydrogen-bond donors (Lipinski definition) is 2. The van der Waals surface area contributed by atoms with Gasteiger partial charge in [-0.25, -0.2) is 4.98 Å². The molecule has 0 bridgehead atoms. The van der Waals surface area contributed by atoms with Crippen LogP contribution >= 0.6 is 11.8 Å². The van der Waals surface area contributed by atoms with E-state index < -0.39 is 0 Å². The van der Waals surface area contributed by atoms with E-state index in [4.69, 9.17) is 10.9 Å². The Balaban J connectivity index is 3.03. The van der Waals surface area contributed by atoms with E-state index in [1.807, 2.05) is 13.0 Å². The molecule has 0 radical (unpaired) electrons. The van der Waals surface area contributed by atoms with E-state index in [0.29, 0.717) is 5.92 Å². The quantitative estimate of drug-likeness (QED) is 0.278. The standard InChI is InChI=1S/C11H17N3OS/c1-7(2)6-16-11-9(10(12)14-15)8(3)4-5-13-11/h4-5,7,15H,6H2,1-3H3,(H2,12,14). The van der Waals surface area contributed by atoms with Crippen molar-refractivity contribution in [2.24, 2.45) is 16.8 Å². The van der Waals surface area contributed by atoms with Crippen LogP contribution in [0.1, 0.15) is 25.0 Å². The highest BCUT2D eigenvalue weighted by atomic mass is 32.2. The fourth-order valence-corrected chi connectivity index (χ4v) is 2.29. The lowest BCUT2D eigenvalue weighted by Crippen LogP contribution is -2.16. The van der Waals surface area contributed by atoms with Crippen molar-refractivity contribution in [1.82, 2.24) is 4.98 Å². The zero-order chi connectivity index (χ0) is 12.1. The first-order chi connectivity index (χ1) is 7.56. The maximum Gasteiger partial charge on any atom is 0.173 e. The maximum absolute atomic E-state index is 8.74. The van der Waals surface area contributed by atoms with Crippen LogP contribution in [-0.2, 0) is 0 Å². The number of nitrogens with two attached hydrogens (primary N) is 1. The summed E-state index contributed by atoms with van der Waals surface area (Å²) < 4.78 is 0. The lowest BCUT2D eigenvalue weighted by atomic mass is 10.1. The summed E-state index contributed by atoms with van der Waals surface area (Å²) >= 11 is 1.63. The predicted octanol–water partition coefficient (Wildman–Crippen LogP) is 2.23. The van der Waals surface area contributed by atoms with Crippen LogP contribution in [0, 0.1) is 12.8 Å². The van der Waals surface area contributed by atoms with Crippen molar-refractivity contribution in [3.63, 3.8) is 0 Å². The summed E-state index contributed by atoms with van der Waals surface area (Å²) in [6.45, 7) is 6.21. The van der Waals surface area contributed by atoms with Crippen molar-refractivity contribution in [3.05, 3.63) is 23.4 Å². The van der Waals surface area contributed by atoms with Gasteiger partial charge in [-0.05, 0) is 24.5 Å². The molecule has 0 aliphatic heterocycles. The van der Waals surface area contributed by atoms with Gasteiger partial charge in [0.25, 0.3) is 0 Å². The zero-order valence-corrected chi connectivity index (χ0v) is 10.6. The summed E-state index contributed by atoms with van der Waals surface area (Å²) in [5, 5.41) is 12.6. The molecule has 0 saturated heterocycles. The van der Waals surface area contributed by atoms with Gasteiger partial charge in [0.1, 0.15) is 5.03 Å². The minimum absolute atomic E-state index is 0.122. The van der Waals surface area contributed by atoms with Gasteiger partial charge in [0.15, 0.2) is 5.84 Å². The van der Waals surface area contributed by atoms with Gasteiger partial charge in [-0.2, -0.15) is 0 Å². The molecule has 1 heterocycles. The lowest BCUT2D eigenvalue weighted by molar-refractivity contribution is 0.318. The van der Waals surface area contributed by atoms with E-state index in [-0.39, 0.29) is 5.84 Å². The van der Waals surface area contributed by atoms with Gasteiger partial charge in [-0.3, -0.25) is 0 Å². The number of hydrogen-bond acceptors (Lipinski definition) is 4. The van der Waals surface area contributed by atoms with Crippen molar-refractivity contribution >= 4 is 17.6 Å². The van der Waals surface area contributed by atoms with E-state index >= 15 is 0 Å². The van der Waals surface area contributed by atoms with Crippen LogP contribution in [0.15, 0.2) is 22.4 Å². The normalized spacial score (nSPS) is 12.1. The van der Waals surface area contributed by atoms with E-state index in [1.54, 1.807) is 18.0 Å². The molecule has 0 atom stereocenters. The van der Waals surface area contributed by atoms with Crippen molar-refractivity contribution in [3.8, 4) is 0 Å². The highest BCUT2D eigenvalue weighted by Gasteiger charge is 2.12. The van der Waals surface area contributed by atoms with Gasteiger partial charge in [0.2, 0.25) is 0 Å². The molecule has 4 nitrogen and oxygen atoms in total. The SMILES string of the molecule is Cc1ccnc(SCC(C)C)c1/C(N)=N/O. The molecular formula is C11H17N3OS. The van der Waals surface area contributed by atoms with Crippen molar-refractivity contribution in [2.45, 2.75) is 25.8 Å². The first kappa shape index (κ1) is 12.8. The Morgan fingerprint density at radius 1 is 1.62 bits per heavy atom. The Kier molecular flexibility index (Phi) is 4.61. The Bertz CT molecular complexity index is 391. The van der Waals surface area contributed by atoms with Crippen molar-refractivity contribution in [2.75, 3.05) is 5.75 Å². The molecule has 0 aliphatic rings. The van der Waals surface area contributed by atoms with Gasteiger partial charge < -0.3 is 10.9 Å². The summed E-state index contributed by atoms with van der Waals surface area (Å²) in [6, 6.07) is 1.85. The largest absolute Gasteiger partial charge is 0.409 e. The number of pyridine rings is 1. The first-order valence-corrected chi connectivity index (χ1v) is 6.11.